The maximum Gasteiger partial charge on any atom is 0.0691 e. The largest absolute Gasteiger partial charge is 0.387 e. The minimum Gasteiger partial charge on any atom is -0.387 e. The van der Waals surface area contributed by atoms with Crippen LogP contribution in [0, 0.1) is 0 Å². The van der Waals surface area contributed by atoms with Gasteiger partial charge in [-0.25, -0.2) is 0 Å². The summed E-state index contributed by atoms with van der Waals surface area (Å²) in [6.45, 7) is 11.3. The summed E-state index contributed by atoms with van der Waals surface area (Å²) in [5.41, 5.74) is 8.64. The van der Waals surface area contributed by atoms with Crippen molar-refractivity contribution >= 4 is 0 Å². The van der Waals surface area contributed by atoms with Crippen molar-refractivity contribution in [2.24, 2.45) is 5.73 Å². The van der Waals surface area contributed by atoms with Gasteiger partial charge in [-0.2, -0.15) is 0 Å². The third-order valence-electron chi connectivity index (χ3n) is 2.73. The van der Waals surface area contributed by atoms with E-state index in [-0.39, 0.29) is 6.04 Å². The van der Waals surface area contributed by atoms with E-state index < -0.39 is 0 Å². The molecule has 18 heavy (non-hydrogen) atoms. The second-order valence-electron chi connectivity index (χ2n) is 4.25. The van der Waals surface area contributed by atoms with Crippen molar-refractivity contribution in [3.63, 3.8) is 0 Å². The van der Waals surface area contributed by atoms with Crippen molar-refractivity contribution < 1.29 is 0 Å². The van der Waals surface area contributed by atoms with E-state index >= 15 is 0 Å². The molecule has 1 atom stereocenters. The van der Waals surface area contributed by atoms with E-state index in [1.54, 1.807) is 0 Å². The molecule has 1 unspecified atom stereocenters. The summed E-state index contributed by atoms with van der Waals surface area (Å²) in [6, 6.07) is 10.4. The van der Waals surface area contributed by atoms with E-state index in [9.17, 15) is 0 Å². The SMILES string of the molecule is C=C(CN)NC(Cc1ccccc1)C(=C)NCC. The zero-order valence-electron chi connectivity index (χ0n) is 11.1. The number of benzene rings is 1. The molecule has 0 saturated carbocycles. The summed E-state index contributed by atoms with van der Waals surface area (Å²) < 4.78 is 0. The third kappa shape index (κ3) is 4.63. The summed E-state index contributed by atoms with van der Waals surface area (Å²) >= 11 is 0. The van der Waals surface area contributed by atoms with Gasteiger partial charge in [0, 0.05) is 24.5 Å². The van der Waals surface area contributed by atoms with Gasteiger partial charge < -0.3 is 16.4 Å². The van der Waals surface area contributed by atoms with Gasteiger partial charge in [0.15, 0.2) is 0 Å². The van der Waals surface area contributed by atoms with Gasteiger partial charge in [0.1, 0.15) is 0 Å². The molecule has 0 bridgehead atoms. The van der Waals surface area contributed by atoms with E-state index in [4.69, 9.17) is 5.73 Å². The Bertz CT molecular complexity index is 384. The molecular formula is C15H23N3. The predicted molar refractivity (Wildman–Crippen MR) is 78.1 cm³/mol. The van der Waals surface area contributed by atoms with Crippen molar-refractivity contribution in [1.82, 2.24) is 10.6 Å². The molecule has 0 aliphatic heterocycles. The molecule has 0 aliphatic carbocycles. The van der Waals surface area contributed by atoms with Crippen LogP contribution >= 0.6 is 0 Å². The van der Waals surface area contributed by atoms with Crippen molar-refractivity contribution in [3.05, 3.63) is 60.4 Å². The highest BCUT2D eigenvalue weighted by Gasteiger charge is 2.12. The van der Waals surface area contributed by atoms with Gasteiger partial charge in [-0.05, 0) is 18.9 Å². The molecule has 0 radical (unpaired) electrons. The van der Waals surface area contributed by atoms with Crippen molar-refractivity contribution in [2.75, 3.05) is 13.1 Å². The smallest absolute Gasteiger partial charge is 0.0691 e. The molecule has 1 rings (SSSR count). The average Bonchev–Trinajstić information content (AvgIpc) is 2.39. The molecule has 1 aromatic rings. The summed E-state index contributed by atoms with van der Waals surface area (Å²) in [6.07, 6.45) is 0.867. The summed E-state index contributed by atoms with van der Waals surface area (Å²) in [5.74, 6) is 0. The molecule has 98 valence electrons. The lowest BCUT2D eigenvalue weighted by molar-refractivity contribution is 0.586. The van der Waals surface area contributed by atoms with Gasteiger partial charge in [-0.15, -0.1) is 0 Å². The number of hydrogen-bond acceptors (Lipinski definition) is 3. The standard InChI is InChI=1S/C15H23N3/c1-4-17-13(3)15(18-12(2)11-16)10-14-8-6-5-7-9-14/h5-9,15,17-18H,2-4,10-11,16H2,1H3. The summed E-state index contributed by atoms with van der Waals surface area (Å²) in [5, 5.41) is 6.57. The second-order valence-corrected chi connectivity index (χ2v) is 4.25. The van der Waals surface area contributed by atoms with Gasteiger partial charge in [0.05, 0.1) is 6.04 Å². The van der Waals surface area contributed by atoms with Crippen LogP contribution in [0.4, 0.5) is 0 Å². The molecule has 0 saturated heterocycles. The monoisotopic (exact) mass is 245 g/mol. The molecule has 3 heteroatoms. The Hall–Kier alpha value is -1.74. The maximum absolute atomic E-state index is 5.58. The van der Waals surface area contributed by atoms with Crippen LogP contribution in [0.5, 0.6) is 0 Å². The van der Waals surface area contributed by atoms with E-state index in [0.717, 1.165) is 24.4 Å². The molecule has 1 aromatic carbocycles. The van der Waals surface area contributed by atoms with Crippen LogP contribution in [0.15, 0.2) is 54.9 Å². The van der Waals surface area contributed by atoms with Crippen molar-refractivity contribution in [1.29, 1.82) is 0 Å². The van der Waals surface area contributed by atoms with Gasteiger partial charge in [-0.3, -0.25) is 0 Å². The lowest BCUT2D eigenvalue weighted by atomic mass is 10.0. The highest BCUT2D eigenvalue weighted by Crippen LogP contribution is 2.08. The fourth-order valence-electron chi connectivity index (χ4n) is 1.77. The molecule has 4 N–H and O–H groups in total. The van der Waals surface area contributed by atoms with Crippen LogP contribution in [0.1, 0.15) is 12.5 Å². The Morgan fingerprint density at radius 3 is 2.50 bits per heavy atom. The number of hydrogen-bond donors (Lipinski definition) is 3. The molecule has 0 spiro atoms. The topological polar surface area (TPSA) is 50.1 Å². The zero-order chi connectivity index (χ0) is 13.4. The predicted octanol–water partition coefficient (Wildman–Crippen LogP) is 1.78. The Morgan fingerprint density at radius 1 is 1.28 bits per heavy atom. The molecule has 0 aromatic heterocycles. The first-order chi connectivity index (χ1) is 8.67. The van der Waals surface area contributed by atoms with Crippen LogP contribution < -0.4 is 16.4 Å². The van der Waals surface area contributed by atoms with Crippen LogP contribution in [0.2, 0.25) is 0 Å². The molecule has 0 heterocycles. The summed E-state index contributed by atoms with van der Waals surface area (Å²) in [4.78, 5) is 0. The number of rotatable bonds is 8. The normalized spacial score (nSPS) is 11.7. The van der Waals surface area contributed by atoms with Gasteiger partial charge in [-0.1, -0.05) is 43.5 Å². The lowest BCUT2D eigenvalue weighted by Gasteiger charge is -2.23. The fraction of sp³-hybridized carbons (Fsp3) is 0.333. The van der Waals surface area contributed by atoms with E-state index in [0.29, 0.717) is 6.54 Å². The van der Waals surface area contributed by atoms with Crippen LogP contribution in [0.3, 0.4) is 0 Å². The highest BCUT2D eigenvalue weighted by molar-refractivity contribution is 5.20. The molecule has 0 amide bonds. The van der Waals surface area contributed by atoms with Gasteiger partial charge >= 0.3 is 0 Å². The van der Waals surface area contributed by atoms with Crippen molar-refractivity contribution in [3.8, 4) is 0 Å². The van der Waals surface area contributed by atoms with Crippen LogP contribution in [0.25, 0.3) is 0 Å². The number of nitrogens with two attached hydrogens (primary N) is 1. The Morgan fingerprint density at radius 2 is 1.94 bits per heavy atom. The molecular weight excluding hydrogens is 222 g/mol. The summed E-state index contributed by atoms with van der Waals surface area (Å²) in [7, 11) is 0. The number of likely N-dealkylation sites (N-methyl/N-ethyl adjacent to an activating group) is 1. The molecule has 3 nitrogen and oxygen atoms in total. The second kappa shape index (κ2) is 7.56. The molecule has 0 fully saturated rings. The highest BCUT2D eigenvalue weighted by atomic mass is 15.0. The quantitative estimate of drug-likeness (QED) is 0.654. The maximum atomic E-state index is 5.58. The zero-order valence-corrected chi connectivity index (χ0v) is 11.1. The van der Waals surface area contributed by atoms with E-state index in [1.807, 2.05) is 18.2 Å². The van der Waals surface area contributed by atoms with Gasteiger partial charge in [0.25, 0.3) is 0 Å². The minimum absolute atomic E-state index is 0.114. The Kier molecular flexibility index (Phi) is 6.01. The van der Waals surface area contributed by atoms with Gasteiger partial charge in [0.2, 0.25) is 0 Å². The Balaban J connectivity index is 2.71. The molecule has 0 aliphatic rings. The fourth-order valence-corrected chi connectivity index (χ4v) is 1.77. The number of nitrogens with one attached hydrogen (secondary N) is 2. The average molecular weight is 245 g/mol. The first-order valence-corrected chi connectivity index (χ1v) is 6.28. The first-order valence-electron chi connectivity index (χ1n) is 6.28. The van der Waals surface area contributed by atoms with Crippen molar-refractivity contribution in [2.45, 2.75) is 19.4 Å². The lowest BCUT2D eigenvalue weighted by Crippen LogP contribution is -2.38. The minimum atomic E-state index is 0.114. The van der Waals surface area contributed by atoms with E-state index in [1.165, 1.54) is 5.56 Å². The van der Waals surface area contributed by atoms with E-state index in [2.05, 4.69) is 42.8 Å². The third-order valence-corrected chi connectivity index (χ3v) is 2.73. The van der Waals surface area contributed by atoms with Crippen LogP contribution in [-0.4, -0.2) is 19.1 Å². The first kappa shape index (κ1) is 14.3. The van der Waals surface area contributed by atoms with Crippen LogP contribution in [-0.2, 0) is 6.42 Å². The Labute approximate surface area is 110 Å².